The molecule has 0 aliphatic carbocycles. The predicted octanol–water partition coefficient (Wildman–Crippen LogP) is 10.6. The first-order valence-electron chi connectivity index (χ1n) is 14.7. The van der Waals surface area contributed by atoms with Gasteiger partial charge in [-0.05, 0) is 62.6 Å². The zero-order chi connectivity index (χ0) is 33.7. The molecule has 0 aliphatic rings. The number of pyridine rings is 1. The Kier molecular flexibility index (Phi) is 11.7. The average molecular weight is 700 g/mol. The Balaban J connectivity index is 0.000000228. The van der Waals surface area contributed by atoms with Gasteiger partial charge < -0.3 is 19.1 Å². The van der Waals surface area contributed by atoms with E-state index < -0.39 is 17.3 Å². The number of fused-ring (bicyclic) bond motifs is 1. The summed E-state index contributed by atoms with van der Waals surface area (Å²) >= 11 is 24.2. The molecule has 0 spiro atoms. The molecule has 6 nitrogen and oxygen atoms in total. The lowest BCUT2D eigenvalue weighted by Gasteiger charge is -2.22. The summed E-state index contributed by atoms with van der Waals surface area (Å²) < 4.78 is 7.65. The van der Waals surface area contributed by atoms with Crippen LogP contribution in [0.5, 0.6) is 5.75 Å². The molecule has 0 bridgehead atoms. The van der Waals surface area contributed by atoms with E-state index in [0.29, 0.717) is 0 Å². The molecular formula is C36H34Cl4N2O4. The van der Waals surface area contributed by atoms with E-state index in [1.807, 2.05) is 13.8 Å². The normalized spacial score (nSPS) is 10.8. The lowest BCUT2D eigenvalue weighted by Crippen LogP contribution is -2.22. The number of rotatable bonds is 9. The summed E-state index contributed by atoms with van der Waals surface area (Å²) in [4.78, 5) is 27.0. The number of aromatic nitrogens is 1. The van der Waals surface area contributed by atoms with E-state index in [4.69, 9.17) is 51.1 Å². The van der Waals surface area contributed by atoms with Gasteiger partial charge in [0.2, 0.25) is 0 Å². The number of carboxylic acid groups (broad SMARTS) is 1. The molecule has 0 fully saturated rings. The molecule has 240 valence electrons. The molecule has 0 radical (unpaired) electrons. The number of anilines is 1. The summed E-state index contributed by atoms with van der Waals surface area (Å²) in [5.41, 5.74) is 6.69. The summed E-state index contributed by atoms with van der Waals surface area (Å²) in [7, 11) is 1.42. The number of ketones is 1. The number of carboxylic acids is 1. The number of benzene rings is 3. The highest BCUT2D eigenvalue weighted by atomic mass is 35.5. The van der Waals surface area contributed by atoms with E-state index in [1.54, 1.807) is 18.2 Å². The number of halogens is 4. The third-order valence-corrected chi connectivity index (χ3v) is 9.65. The number of aromatic carboxylic acids is 1. The maximum Gasteiger partial charge on any atom is 0.338 e. The molecule has 2 heterocycles. The van der Waals surface area contributed by atoms with Crippen LogP contribution in [0.2, 0.25) is 20.1 Å². The van der Waals surface area contributed by atoms with Crippen LogP contribution in [-0.4, -0.2) is 41.5 Å². The summed E-state index contributed by atoms with van der Waals surface area (Å²) in [6, 6.07) is 22.3. The Morgan fingerprint density at radius 2 is 1.46 bits per heavy atom. The minimum absolute atomic E-state index is 0.122. The zero-order valence-electron chi connectivity index (χ0n) is 26.1. The van der Waals surface area contributed by atoms with Crippen molar-refractivity contribution in [3.8, 4) is 16.9 Å². The first kappa shape index (κ1) is 35.2. The smallest absolute Gasteiger partial charge is 0.338 e. The highest BCUT2D eigenvalue weighted by molar-refractivity contribution is 6.54. The number of hydrogen-bond donors (Lipinski definition) is 1. The van der Waals surface area contributed by atoms with Crippen LogP contribution < -0.4 is 9.64 Å². The molecule has 0 aliphatic heterocycles. The summed E-state index contributed by atoms with van der Waals surface area (Å²) in [5.74, 6) is -1.87. The third-order valence-electron chi connectivity index (χ3n) is 7.84. The van der Waals surface area contributed by atoms with Crippen LogP contribution in [0.25, 0.3) is 16.6 Å². The van der Waals surface area contributed by atoms with Gasteiger partial charge in [0.1, 0.15) is 5.75 Å². The molecule has 0 saturated heterocycles. The van der Waals surface area contributed by atoms with Crippen LogP contribution in [0, 0.1) is 6.92 Å². The fourth-order valence-electron chi connectivity index (χ4n) is 5.30. The maximum absolute atomic E-state index is 13.2. The van der Waals surface area contributed by atoms with E-state index in [-0.39, 0.29) is 37.0 Å². The van der Waals surface area contributed by atoms with Crippen LogP contribution in [0.1, 0.15) is 58.3 Å². The lowest BCUT2D eigenvalue weighted by molar-refractivity contribution is 0.0693. The molecule has 46 heavy (non-hydrogen) atoms. The Morgan fingerprint density at radius 1 is 0.826 bits per heavy atom. The second-order valence-electron chi connectivity index (χ2n) is 10.4. The van der Waals surface area contributed by atoms with Crippen molar-refractivity contribution in [3.05, 3.63) is 121 Å². The van der Waals surface area contributed by atoms with Gasteiger partial charge in [0.05, 0.1) is 43.9 Å². The van der Waals surface area contributed by atoms with Crippen molar-refractivity contribution in [3.63, 3.8) is 0 Å². The van der Waals surface area contributed by atoms with E-state index in [1.165, 1.54) is 35.0 Å². The number of carbonyl (C=O) groups is 2. The molecule has 0 amide bonds. The first-order chi connectivity index (χ1) is 22.0. The van der Waals surface area contributed by atoms with Crippen molar-refractivity contribution < 1.29 is 19.4 Å². The van der Waals surface area contributed by atoms with Crippen molar-refractivity contribution in [2.45, 2.75) is 34.1 Å². The highest BCUT2D eigenvalue weighted by Crippen LogP contribution is 2.43. The lowest BCUT2D eigenvalue weighted by atomic mass is 9.97. The Morgan fingerprint density at radius 3 is 2.02 bits per heavy atom. The second-order valence-corrected chi connectivity index (χ2v) is 11.9. The zero-order valence-corrected chi connectivity index (χ0v) is 29.2. The van der Waals surface area contributed by atoms with Crippen LogP contribution in [0.4, 0.5) is 5.69 Å². The van der Waals surface area contributed by atoms with Gasteiger partial charge in [-0.1, -0.05) is 89.7 Å². The number of methoxy groups -OCH3 is 1. The van der Waals surface area contributed by atoms with Crippen molar-refractivity contribution >= 4 is 69.4 Å². The Bertz CT molecular complexity index is 1900. The largest absolute Gasteiger partial charge is 0.496 e. The van der Waals surface area contributed by atoms with Crippen molar-refractivity contribution in [1.29, 1.82) is 0 Å². The van der Waals surface area contributed by atoms with E-state index >= 15 is 0 Å². The topological polar surface area (TPSA) is 71.2 Å². The maximum atomic E-state index is 13.2. The first-order valence-corrected chi connectivity index (χ1v) is 16.2. The van der Waals surface area contributed by atoms with Gasteiger partial charge in [-0.2, -0.15) is 0 Å². The molecule has 0 unspecified atom stereocenters. The SMILES string of the molecule is CCN(CC)c1ccc(C(=O)c2c(Cl)c(Cl)c(Cl)c(Cl)c2C(=O)O)c(OC)c1.CCc1ccc2cc(-c3ccccc3)c(C)n2c1. The monoisotopic (exact) mass is 698 g/mol. The van der Waals surface area contributed by atoms with Crippen molar-refractivity contribution in [1.82, 2.24) is 4.40 Å². The van der Waals surface area contributed by atoms with Gasteiger partial charge in [-0.25, -0.2) is 4.79 Å². The molecule has 0 saturated carbocycles. The van der Waals surface area contributed by atoms with Crippen LogP contribution in [0.15, 0.2) is 72.9 Å². The molecule has 5 aromatic rings. The fourth-order valence-corrected chi connectivity index (χ4v) is 6.32. The van der Waals surface area contributed by atoms with Gasteiger partial charge in [-0.15, -0.1) is 0 Å². The molecule has 10 heteroatoms. The number of nitrogens with zero attached hydrogens (tertiary/aromatic N) is 2. The number of carbonyl (C=O) groups excluding carboxylic acids is 1. The van der Waals surface area contributed by atoms with Gasteiger partial charge >= 0.3 is 5.97 Å². The molecule has 3 aromatic carbocycles. The number of hydrogen-bond acceptors (Lipinski definition) is 4. The van der Waals surface area contributed by atoms with Gasteiger partial charge in [-0.3, -0.25) is 4.79 Å². The van der Waals surface area contributed by atoms with E-state index in [2.05, 4.69) is 77.9 Å². The fraction of sp³-hybridized carbons (Fsp3) is 0.222. The van der Waals surface area contributed by atoms with E-state index in [0.717, 1.165) is 25.2 Å². The molecule has 0 atom stereocenters. The van der Waals surface area contributed by atoms with Crippen molar-refractivity contribution in [2.75, 3.05) is 25.1 Å². The van der Waals surface area contributed by atoms with Crippen LogP contribution >= 0.6 is 46.4 Å². The van der Waals surface area contributed by atoms with Crippen molar-refractivity contribution in [2.24, 2.45) is 0 Å². The molecule has 2 aromatic heterocycles. The second kappa shape index (κ2) is 15.3. The number of aryl methyl sites for hydroxylation is 2. The average Bonchev–Trinajstić information content (AvgIpc) is 3.41. The molecule has 5 rings (SSSR count). The van der Waals surface area contributed by atoms with Crippen LogP contribution in [0.3, 0.4) is 0 Å². The third kappa shape index (κ3) is 7.01. The predicted molar refractivity (Wildman–Crippen MR) is 190 cm³/mol. The van der Waals surface area contributed by atoms with Gasteiger partial charge in [0.15, 0.2) is 5.78 Å². The van der Waals surface area contributed by atoms with Crippen LogP contribution in [-0.2, 0) is 6.42 Å². The highest BCUT2D eigenvalue weighted by Gasteiger charge is 2.30. The van der Waals surface area contributed by atoms with E-state index in [9.17, 15) is 14.7 Å². The molecule has 1 N–H and O–H groups in total. The summed E-state index contributed by atoms with van der Waals surface area (Å²) in [6.45, 7) is 9.93. The minimum atomic E-state index is -1.45. The molecular weight excluding hydrogens is 666 g/mol. The quantitative estimate of drug-likeness (QED) is 0.0942. The Labute approximate surface area is 289 Å². The standard InChI is InChI=1S/C19H17Cl4NO4.C17H17N/c1-4-24(5-2)9-6-7-10(11(8-9)28-3)18(25)12-13(19(26)27)15(21)17(23)16(22)14(12)20;1-3-14-9-10-16-11-17(13(2)18(16)12-14)15-7-5-4-6-8-15/h6-8H,4-5H2,1-3H3,(H,26,27);4-12H,3H2,1-2H3. The summed E-state index contributed by atoms with van der Waals surface area (Å²) in [6.07, 6.45) is 3.32. The summed E-state index contributed by atoms with van der Waals surface area (Å²) in [5, 5.41) is 8.49. The number of ether oxygens (including phenoxy) is 1. The van der Waals surface area contributed by atoms with Gasteiger partial charge in [0.25, 0.3) is 0 Å². The minimum Gasteiger partial charge on any atom is -0.496 e. The Hall–Kier alpha value is -3.68. The van der Waals surface area contributed by atoms with Gasteiger partial charge in [0, 0.05) is 47.8 Å².